The maximum Gasteiger partial charge on any atom is 0.325 e. The van der Waals surface area contributed by atoms with E-state index in [9.17, 15) is 19.2 Å². The summed E-state index contributed by atoms with van der Waals surface area (Å²) >= 11 is 5.73. The van der Waals surface area contributed by atoms with Crippen molar-refractivity contribution >= 4 is 35.3 Å². The Hall–Kier alpha value is -2.41. The van der Waals surface area contributed by atoms with E-state index in [1.54, 1.807) is 26.0 Å². The number of halogens is 1. The Balaban J connectivity index is 1.80. The number of Topliss-reactive ketones (excluding diaryl/α,β-unsaturated/α-hetero) is 1. The monoisotopic (exact) mass is 352 g/mol. The quantitative estimate of drug-likeness (QED) is 0.478. The molecule has 1 heterocycles. The van der Waals surface area contributed by atoms with E-state index in [-0.39, 0.29) is 18.7 Å². The normalized spacial score (nSPS) is 16.0. The smallest absolute Gasteiger partial charge is 0.325 e. The second-order valence-electron chi connectivity index (χ2n) is 5.85. The standard InChI is InChI=1S/C16H17ClN2O5/c1-16(2)14(22)19(15(23)18-16)8-7-13(21)24-9-12(20)10-3-5-11(17)6-4-10/h3-6H,7-9H2,1-2H3,(H,18,23). The van der Waals surface area contributed by atoms with Crippen LogP contribution in [0.15, 0.2) is 24.3 Å². The Bertz CT molecular complexity index is 684. The lowest BCUT2D eigenvalue weighted by atomic mass is 10.1. The first kappa shape index (κ1) is 17.9. The van der Waals surface area contributed by atoms with Gasteiger partial charge in [0.05, 0.1) is 6.42 Å². The average Bonchev–Trinajstić information content (AvgIpc) is 2.71. The van der Waals surface area contributed by atoms with Gasteiger partial charge in [-0.2, -0.15) is 0 Å². The number of amides is 3. The highest BCUT2D eigenvalue weighted by Crippen LogP contribution is 2.16. The molecule has 1 aromatic carbocycles. The molecule has 1 aliphatic rings. The summed E-state index contributed by atoms with van der Waals surface area (Å²) in [6.07, 6.45) is -0.177. The van der Waals surface area contributed by atoms with Crippen LogP contribution in [0.25, 0.3) is 0 Å². The summed E-state index contributed by atoms with van der Waals surface area (Å²) in [5, 5.41) is 3.01. The minimum Gasteiger partial charge on any atom is -0.457 e. The molecule has 0 atom stereocenters. The third-order valence-electron chi connectivity index (χ3n) is 3.51. The van der Waals surface area contributed by atoms with E-state index in [0.717, 1.165) is 4.90 Å². The molecule has 1 aliphatic heterocycles. The van der Waals surface area contributed by atoms with Crippen LogP contribution in [0.4, 0.5) is 4.79 Å². The van der Waals surface area contributed by atoms with Crippen molar-refractivity contribution < 1.29 is 23.9 Å². The molecule has 0 aliphatic carbocycles. The highest BCUT2D eigenvalue weighted by Gasteiger charge is 2.44. The van der Waals surface area contributed by atoms with Gasteiger partial charge in [-0.3, -0.25) is 19.3 Å². The maximum atomic E-state index is 12.0. The Labute approximate surface area is 143 Å². The first-order valence-electron chi connectivity index (χ1n) is 7.29. The fourth-order valence-corrected chi connectivity index (χ4v) is 2.29. The van der Waals surface area contributed by atoms with E-state index < -0.39 is 30.1 Å². The highest BCUT2D eigenvalue weighted by atomic mass is 35.5. The van der Waals surface area contributed by atoms with Crippen LogP contribution in [0, 0.1) is 0 Å². The summed E-state index contributed by atoms with van der Waals surface area (Å²) in [6, 6.07) is 5.66. The lowest BCUT2D eigenvalue weighted by Gasteiger charge is -2.15. The van der Waals surface area contributed by atoms with Gasteiger partial charge in [0.25, 0.3) is 5.91 Å². The zero-order chi connectivity index (χ0) is 17.9. The van der Waals surface area contributed by atoms with Crippen LogP contribution in [-0.4, -0.2) is 47.3 Å². The number of hydrogen-bond donors (Lipinski definition) is 1. The average molecular weight is 353 g/mol. The van der Waals surface area contributed by atoms with Crippen molar-refractivity contribution in [3.63, 3.8) is 0 Å². The second kappa shape index (κ2) is 7.00. The minimum atomic E-state index is -0.981. The van der Waals surface area contributed by atoms with Crippen LogP contribution in [0.2, 0.25) is 5.02 Å². The SMILES string of the molecule is CC1(C)NC(=O)N(CCC(=O)OCC(=O)c2ccc(Cl)cc2)C1=O. The fraction of sp³-hybridized carbons (Fsp3) is 0.375. The van der Waals surface area contributed by atoms with Gasteiger partial charge in [-0.25, -0.2) is 4.79 Å². The summed E-state index contributed by atoms with van der Waals surface area (Å²) in [7, 11) is 0. The van der Waals surface area contributed by atoms with Crippen LogP contribution in [0.3, 0.4) is 0 Å². The van der Waals surface area contributed by atoms with Crippen molar-refractivity contribution in [2.45, 2.75) is 25.8 Å². The number of carbonyl (C=O) groups excluding carboxylic acids is 4. The molecule has 24 heavy (non-hydrogen) atoms. The molecule has 0 radical (unpaired) electrons. The Morgan fingerprint density at radius 1 is 1.21 bits per heavy atom. The van der Waals surface area contributed by atoms with Crippen LogP contribution >= 0.6 is 11.6 Å². The zero-order valence-corrected chi connectivity index (χ0v) is 14.1. The number of urea groups is 1. The molecule has 1 aromatic rings. The van der Waals surface area contributed by atoms with Gasteiger partial charge in [0.2, 0.25) is 0 Å². The summed E-state index contributed by atoms with van der Waals surface area (Å²) in [6.45, 7) is 2.65. The first-order valence-corrected chi connectivity index (χ1v) is 7.67. The van der Waals surface area contributed by atoms with Crippen LogP contribution in [0.5, 0.6) is 0 Å². The number of imide groups is 1. The summed E-state index contributed by atoms with van der Waals surface area (Å²) < 4.78 is 4.88. The maximum absolute atomic E-state index is 12.0. The Kier molecular flexibility index (Phi) is 5.23. The molecule has 0 unspecified atom stereocenters. The van der Waals surface area contributed by atoms with Crippen LogP contribution in [0.1, 0.15) is 30.6 Å². The van der Waals surface area contributed by atoms with E-state index in [2.05, 4.69) is 5.32 Å². The lowest BCUT2D eigenvalue weighted by molar-refractivity contribution is -0.143. The van der Waals surface area contributed by atoms with Crippen molar-refractivity contribution in [3.05, 3.63) is 34.9 Å². The molecule has 0 aromatic heterocycles. The molecule has 2 rings (SSSR count). The number of ether oxygens (including phenoxy) is 1. The lowest BCUT2D eigenvalue weighted by Crippen LogP contribution is -2.40. The van der Waals surface area contributed by atoms with Crippen molar-refractivity contribution in [1.29, 1.82) is 0 Å². The second-order valence-corrected chi connectivity index (χ2v) is 6.29. The van der Waals surface area contributed by atoms with Crippen LogP contribution in [-0.2, 0) is 14.3 Å². The van der Waals surface area contributed by atoms with Gasteiger partial charge in [0, 0.05) is 17.1 Å². The number of benzene rings is 1. The van der Waals surface area contributed by atoms with E-state index in [4.69, 9.17) is 16.3 Å². The van der Waals surface area contributed by atoms with Crippen molar-refractivity contribution in [3.8, 4) is 0 Å². The summed E-state index contributed by atoms with van der Waals surface area (Å²) in [5.41, 5.74) is -0.603. The molecular weight excluding hydrogens is 336 g/mol. The fourth-order valence-electron chi connectivity index (χ4n) is 2.16. The molecule has 0 bridgehead atoms. The highest BCUT2D eigenvalue weighted by molar-refractivity contribution is 6.30. The van der Waals surface area contributed by atoms with Crippen molar-refractivity contribution in [2.75, 3.05) is 13.2 Å². The number of ketones is 1. The molecular formula is C16H17ClN2O5. The van der Waals surface area contributed by atoms with E-state index >= 15 is 0 Å². The summed E-state index contributed by atoms with van der Waals surface area (Å²) in [4.78, 5) is 48.1. The number of nitrogens with zero attached hydrogens (tertiary/aromatic N) is 1. The molecule has 0 spiro atoms. The van der Waals surface area contributed by atoms with Gasteiger partial charge in [-0.05, 0) is 38.1 Å². The third kappa shape index (κ3) is 4.11. The predicted octanol–water partition coefficient (Wildman–Crippen LogP) is 1.79. The molecule has 1 N–H and O–H groups in total. The van der Waals surface area contributed by atoms with Crippen molar-refractivity contribution in [2.24, 2.45) is 0 Å². The van der Waals surface area contributed by atoms with Gasteiger partial charge < -0.3 is 10.1 Å². The molecule has 8 heteroatoms. The zero-order valence-electron chi connectivity index (χ0n) is 13.3. The predicted molar refractivity (Wildman–Crippen MR) is 85.7 cm³/mol. The Morgan fingerprint density at radius 3 is 2.38 bits per heavy atom. The number of esters is 1. The molecule has 3 amide bonds. The Morgan fingerprint density at radius 2 is 1.83 bits per heavy atom. The number of carbonyl (C=O) groups is 4. The van der Waals surface area contributed by atoms with Gasteiger partial charge in [-0.15, -0.1) is 0 Å². The topological polar surface area (TPSA) is 92.8 Å². The molecule has 1 fully saturated rings. The van der Waals surface area contributed by atoms with Gasteiger partial charge in [0.15, 0.2) is 12.4 Å². The molecule has 1 saturated heterocycles. The molecule has 0 saturated carbocycles. The molecule has 128 valence electrons. The minimum absolute atomic E-state index is 0.0952. The molecule has 7 nitrogen and oxygen atoms in total. The van der Waals surface area contributed by atoms with E-state index in [1.165, 1.54) is 12.1 Å². The van der Waals surface area contributed by atoms with E-state index in [0.29, 0.717) is 10.6 Å². The van der Waals surface area contributed by atoms with Gasteiger partial charge >= 0.3 is 12.0 Å². The number of hydrogen-bond acceptors (Lipinski definition) is 5. The van der Waals surface area contributed by atoms with Gasteiger partial charge in [0.1, 0.15) is 5.54 Å². The first-order chi connectivity index (χ1) is 11.2. The number of nitrogens with one attached hydrogen (secondary N) is 1. The van der Waals surface area contributed by atoms with Crippen molar-refractivity contribution in [1.82, 2.24) is 10.2 Å². The third-order valence-corrected chi connectivity index (χ3v) is 3.77. The largest absolute Gasteiger partial charge is 0.457 e. The number of rotatable bonds is 6. The van der Waals surface area contributed by atoms with Gasteiger partial charge in [-0.1, -0.05) is 11.6 Å². The van der Waals surface area contributed by atoms with Crippen LogP contribution < -0.4 is 5.32 Å². The van der Waals surface area contributed by atoms with E-state index in [1.807, 2.05) is 0 Å². The summed E-state index contributed by atoms with van der Waals surface area (Å²) in [5.74, 6) is -1.43.